The Labute approximate surface area is 98.5 Å². The minimum Gasteiger partial charge on any atom is -0.484 e. The first-order valence-corrected chi connectivity index (χ1v) is 5.16. The van der Waals surface area contributed by atoms with Crippen LogP contribution in [0.3, 0.4) is 0 Å². The average Bonchev–Trinajstić information content (AvgIpc) is 2.36. The number of hydrogen-bond acceptors (Lipinski definition) is 4. The monoisotopic (exact) mass is 226 g/mol. The van der Waals surface area contributed by atoms with Crippen LogP contribution >= 0.6 is 0 Å². The second-order valence-electron chi connectivity index (χ2n) is 3.49. The molecule has 0 N–H and O–H groups in total. The van der Waals surface area contributed by atoms with Gasteiger partial charge in [-0.05, 0) is 12.1 Å². The molecule has 0 saturated carbocycles. The predicted molar refractivity (Wildman–Crippen MR) is 62.5 cm³/mol. The first kappa shape index (κ1) is 11.1. The summed E-state index contributed by atoms with van der Waals surface area (Å²) in [5.41, 5.74) is 0.722. The van der Waals surface area contributed by atoms with Crippen LogP contribution < -0.4 is 4.74 Å². The Morgan fingerprint density at radius 1 is 1.35 bits per heavy atom. The minimum absolute atomic E-state index is 0.0940. The Bertz CT molecular complexity index is 582. The number of pyridine rings is 1. The Kier molecular flexibility index (Phi) is 3.31. The van der Waals surface area contributed by atoms with Crippen molar-refractivity contribution in [2.75, 3.05) is 6.61 Å². The van der Waals surface area contributed by atoms with Gasteiger partial charge in [-0.3, -0.25) is 9.78 Å². The number of nitriles is 1. The molecule has 0 atom stereocenters. The number of carbonyl (C=O) groups excluding carboxylic acids is 1. The Morgan fingerprint density at radius 2 is 2.18 bits per heavy atom. The molecule has 4 heteroatoms. The summed E-state index contributed by atoms with van der Waals surface area (Å²) >= 11 is 0. The smallest absolute Gasteiger partial charge is 0.184 e. The van der Waals surface area contributed by atoms with E-state index in [0.717, 1.165) is 10.9 Å². The molecular weight excluding hydrogens is 216 g/mol. The number of nitrogens with zero attached hydrogens (tertiary/aromatic N) is 2. The van der Waals surface area contributed by atoms with Crippen LogP contribution in [0, 0.1) is 11.3 Å². The molecule has 0 spiro atoms. The highest BCUT2D eigenvalue weighted by Crippen LogP contribution is 2.22. The maximum atomic E-state index is 11.2. The molecule has 0 fully saturated rings. The number of ketones is 1. The number of fused-ring (bicyclic) bond motifs is 1. The van der Waals surface area contributed by atoms with Crippen molar-refractivity contribution in [1.29, 1.82) is 5.26 Å². The molecule has 84 valence electrons. The van der Waals surface area contributed by atoms with Gasteiger partial charge in [-0.1, -0.05) is 18.2 Å². The number of hydrogen-bond donors (Lipinski definition) is 0. The first-order chi connectivity index (χ1) is 8.31. The summed E-state index contributed by atoms with van der Waals surface area (Å²) in [5.74, 6) is 0.329. The predicted octanol–water partition coefficient (Wildman–Crippen LogP) is 2.10. The van der Waals surface area contributed by atoms with E-state index in [0.29, 0.717) is 5.75 Å². The van der Waals surface area contributed by atoms with Gasteiger partial charge in [0.15, 0.2) is 5.78 Å². The van der Waals surface area contributed by atoms with E-state index in [1.807, 2.05) is 24.3 Å². The zero-order chi connectivity index (χ0) is 12.1. The number of Topliss-reactive ketones (excluding diaryl/α,β-unsaturated/α-hetero) is 1. The molecule has 0 unspecified atom stereocenters. The molecule has 2 rings (SSSR count). The van der Waals surface area contributed by atoms with E-state index in [1.54, 1.807) is 18.3 Å². The Morgan fingerprint density at radius 3 is 3.00 bits per heavy atom. The van der Waals surface area contributed by atoms with Gasteiger partial charge in [-0.2, -0.15) is 5.26 Å². The van der Waals surface area contributed by atoms with Gasteiger partial charge in [0.2, 0.25) is 0 Å². The van der Waals surface area contributed by atoms with Crippen LogP contribution in [0.15, 0.2) is 36.5 Å². The number of carbonyl (C=O) groups is 1. The van der Waals surface area contributed by atoms with Crippen molar-refractivity contribution in [3.63, 3.8) is 0 Å². The van der Waals surface area contributed by atoms with Crippen molar-refractivity contribution < 1.29 is 9.53 Å². The fourth-order valence-electron chi connectivity index (χ4n) is 1.49. The lowest BCUT2D eigenvalue weighted by atomic mass is 10.2. The van der Waals surface area contributed by atoms with Gasteiger partial charge in [-0.15, -0.1) is 0 Å². The van der Waals surface area contributed by atoms with Crippen LogP contribution in [0.1, 0.15) is 6.42 Å². The molecule has 0 aliphatic carbocycles. The lowest BCUT2D eigenvalue weighted by Crippen LogP contribution is -2.10. The van der Waals surface area contributed by atoms with E-state index < -0.39 is 0 Å². The summed E-state index contributed by atoms with van der Waals surface area (Å²) in [6.45, 7) is -0.0940. The summed E-state index contributed by atoms with van der Waals surface area (Å²) in [4.78, 5) is 15.4. The zero-order valence-corrected chi connectivity index (χ0v) is 9.09. The summed E-state index contributed by atoms with van der Waals surface area (Å²) in [6.07, 6.45) is 1.55. The van der Waals surface area contributed by atoms with Gasteiger partial charge < -0.3 is 4.74 Å². The molecule has 2 aromatic rings. The zero-order valence-electron chi connectivity index (χ0n) is 9.09. The van der Waals surface area contributed by atoms with E-state index in [-0.39, 0.29) is 18.8 Å². The molecule has 0 bridgehead atoms. The normalized spacial score (nSPS) is 9.82. The van der Waals surface area contributed by atoms with E-state index in [2.05, 4.69) is 4.98 Å². The number of ether oxygens (including phenoxy) is 1. The topological polar surface area (TPSA) is 63.0 Å². The largest absolute Gasteiger partial charge is 0.484 e. The van der Waals surface area contributed by atoms with Crippen molar-refractivity contribution in [2.24, 2.45) is 0 Å². The van der Waals surface area contributed by atoms with Crippen LogP contribution in [-0.4, -0.2) is 17.4 Å². The highest BCUT2D eigenvalue weighted by Gasteiger charge is 2.05. The van der Waals surface area contributed by atoms with Crippen LogP contribution in [-0.2, 0) is 4.79 Å². The third-order valence-corrected chi connectivity index (χ3v) is 2.26. The molecular formula is C13H10N2O2. The van der Waals surface area contributed by atoms with E-state index >= 15 is 0 Å². The molecule has 0 aliphatic heterocycles. The standard InChI is InChI=1S/C13H10N2O2/c14-7-6-11(16)9-17-12-5-1-3-10-4-2-8-15-13(10)12/h1-5,8H,6,9H2. The highest BCUT2D eigenvalue weighted by atomic mass is 16.5. The van der Waals surface area contributed by atoms with Crippen molar-refractivity contribution in [2.45, 2.75) is 6.42 Å². The highest BCUT2D eigenvalue weighted by molar-refractivity contribution is 5.85. The Balaban J connectivity index is 2.19. The average molecular weight is 226 g/mol. The van der Waals surface area contributed by atoms with Gasteiger partial charge in [0.25, 0.3) is 0 Å². The first-order valence-electron chi connectivity index (χ1n) is 5.16. The van der Waals surface area contributed by atoms with Crippen LogP contribution in [0.25, 0.3) is 10.9 Å². The third kappa shape index (κ3) is 2.58. The van der Waals surface area contributed by atoms with E-state index in [9.17, 15) is 4.79 Å². The second-order valence-corrected chi connectivity index (χ2v) is 3.49. The van der Waals surface area contributed by atoms with Gasteiger partial charge in [0.05, 0.1) is 12.5 Å². The molecule has 17 heavy (non-hydrogen) atoms. The van der Waals surface area contributed by atoms with Crippen LogP contribution in [0.4, 0.5) is 0 Å². The van der Waals surface area contributed by atoms with Crippen molar-refractivity contribution in [3.8, 4) is 11.8 Å². The van der Waals surface area contributed by atoms with E-state index in [4.69, 9.17) is 10.00 Å². The van der Waals surface area contributed by atoms with Crippen molar-refractivity contribution in [3.05, 3.63) is 36.5 Å². The minimum atomic E-state index is -0.236. The maximum Gasteiger partial charge on any atom is 0.184 e. The molecule has 4 nitrogen and oxygen atoms in total. The molecule has 1 aromatic carbocycles. The summed E-state index contributed by atoms with van der Waals surface area (Å²) in [6, 6.07) is 11.1. The molecule has 0 radical (unpaired) electrons. The summed E-state index contributed by atoms with van der Waals surface area (Å²) in [5, 5.41) is 9.32. The van der Waals surface area contributed by atoms with Crippen LogP contribution in [0.5, 0.6) is 5.75 Å². The number of para-hydroxylation sites is 1. The van der Waals surface area contributed by atoms with Gasteiger partial charge in [0.1, 0.15) is 17.9 Å². The lowest BCUT2D eigenvalue weighted by molar-refractivity contribution is -0.120. The summed E-state index contributed by atoms with van der Waals surface area (Å²) in [7, 11) is 0. The van der Waals surface area contributed by atoms with E-state index in [1.165, 1.54) is 0 Å². The van der Waals surface area contributed by atoms with Gasteiger partial charge in [0, 0.05) is 11.6 Å². The number of aromatic nitrogens is 1. The Hall–Kier alpha value is -2.41. The maximum absolute atomic E-state index is 11.2. The molecule has 1 heterocycles. The van der Waals surface area contributed by atoms with Crippen molar-refractivity contribution in [1.82, 2.24) is 4.98 Å². The molecule has 0 saturated heterocycles. The molecule has 1 aromatic heterocycles. The van der Waals surface area contributed by atoms with Crippen LogP contribution in [0.2, 0.25) is 0 Å². The SMILES string of the molecule is N#CCC(=O)COc1cccc2cccnc12. The second kappa shape index (κ2) is 5.08. The fourth-order valence-corrected chi connectivity index (χ4v) is 1.49. The fraction of sp³-hybridized carbons (Fsp3) is 0.154. The van der Waals surface area contributed by atoms with Gasteiger partial charge in [-0.25, -0.2) is 0 Å². The third-order valence-electron chi connectivity index (χ3n) is 2.26. The lowest BCUT2D eigenvalue weighted by Gasteiger charge is -2.06. The molecule has 0 amide bonds. The quantitative estimate of drug-likeness (QED) is 0.800. The number of benzene rings is 1. The molecule has 0 aliphatic rings. The number of rotatable bonds is 4. The van der Waals surface area contributed by atoms with Crippen molar-refractivity contribution >= 4 is 16.7 Å². The summed E-state index contributed by atoms with van der Waals surface area (Å²) < 4.78 is 5.37. The van der Waals surface area contributed by atoms with Gasteiger partial charge >= 0.3 is 0 Å².